The van der Waals surface area contributed by atoms with Crippen molar-refractivity contribution in [3.05, 3.63) is 65.5 Å². The number of nitrogens with zero attached hydrogens (tertiary/aromatic N) is 2. The number of hydrogen-bond donors (Lipinski definition) is 1. The first-order valence-electron chi connectivity index (χ1n) is 10.2. The summed E-state index contributed by atoms with van der Waals surface area (Å²) in [7, 11) is 1.64. The van der Waals surface area contributed by atoms with Crippen LogP contribution in [0, 0.1) is 5.82 Å². The van der Waals surface area contributed by atoms with E-state index in [1.807, 2.05) is 24.3 Å². The minimum Gasteiger partial charge on any atom is -0.497 e. The van der Waals surface area contributed by atoms with Crippen molar-refractivity contribution < 1.29 is 18.7 Å². The van der Waals surface area contributed by atoms with Crippen LogP contribution in [0.3, 0.4) is 0 Å². The Morgan fingerprint density at radius 1 is 0.967 bits per heavy atom. The monoisotopic (exact) mass is 413 g/mol. The summed E-state index contributed by atoms with van der Waals surface area (Å²) in [5.41, 5.74) is 1.95. The van der Waals surface area contributed by atoms with Crippen LogP contribution in [0.15, 0.2) is 48.5 Å². The van der Waals surface area contributed by atoms with Gasteiger partial charge in [0.05, 0.1) is 20.1 Å². The predicted octanol–water partition coefficient (Wildman–Crippen LogP) is 1.88. The Kier molecular flexibility index (Phi) is 7.79. The van der Waals surface area contributed by atoms with Crippen LogP contribution in [0.1, 0.15) is 11.1 Å². The molecule has 0 aromatic heterocycles. The van der Waals surface area contributed by atoms with Crippen molar-refractivity contribution in [3.63, 3.8) is 0 Å². The molecule has 160 valence electrons. The molecular weight excluding hydrogens is 385 g/mol. The van der Waals surface area contributed by atoms with Gasteiger partial charge in [0.25, 0.3) is 0 Å². The van der Waals surface area contributed by atoms with Crippen molar-refractivity contribution >= 4 is 11.8 Å². The standard InChI is InChI=1S/C23H28FN3O3/c1-30-21-8-4-18(5-9-21)10-11-25-22(28)17-26-12-14-27(15-13-26)23(29)16-19-2-6-20(24)7-3-19/h2-9H,10-17H2,1H3,(H,25,28). The van der Waals surface area contributed by atoms with Crippen molar-refractivity contribution in [2.24, 2.45) is 0 Å². The fourth-order valence-electron chi connectivity index (χ4n) is 3.44. The number of ether oxygens (including phenoxy) is 1. The third-order valence-corrected chi connectivity index (χ3v) is 5.26. The van der Waals surface area contributed by atoms with E-state index in [4.69, 9.17) is 4.74 Å². The molecule has 0 unspecified atom stereocenters. The molecule has 0 aliphatic carbocycles. The van der Waals surface area contributed by atoms with Gasteiger partial charge in [-0.3, -0.25) is 14.5 Å². The minimum atomic E-state index is -0.304. The molecule has 2 amide bonds. The quantitative estimate of drug-likeness (QED) is 0.718. The van der Waals surface area contributed by atoms with E-state index in [0.717, 1.165) is 23.3 Å². The second-order valence-corrected chi connectivity index (χ2v) is 7.41. The van der Waals surface area contributed by atoms with Crippen molar-refractivity contribution in [2.75, 3.05) is 46.4 Å². The highest BCUT2D eigenvalue weighted by Crippen LogP contribution is 2.11. The van der Waals surface area contributed by atoms with Crippen LogP contribution >= 0.6 is 0 Å². The Hall–Kier alpha value is -2.93. The third kappa shape index (κ3) is 6.56. The van der Waals surface area contributed by atoms with Gasteiger partial charge >= 0.3 is 0 Å². The number of piperazine rings is 1. The lowest BCUT2D eigenvalue weighted by Gasteiger charge is -2.34. The molecular formula is C23H28FN3O3. The lowest BCUT2D eigenvalue weighted by atomic mass is 10.1. The molecule has 0 atom stereocenters. The molecule has 1 fully saturated rings. The maximum Gasteiger partial charge on any atom is 0.234 e. The fraction of sp³-hybridized carbons (Fsp3) is 0.391. The van der Waals surface area contributed by atoms with E-state index in [1.165, 1.54) is 12.1 Å². The van der Waals surface area contributed by atoms with E-state index in [-0.39, 0.29) is 24.1 Å². The Balaban J connectivity index is 1.33. The first-order chi connectivity index (χ1) is 14.5. The van der Waals surface area contributed by atoms with E-state index < -0.39 is 0 Å². The Labute approximate surface area is 176 Å². The summed E-state index contributed by atoms with van der Waals surface area (Å²) in [6, 6.07) is 13.8. The van der Waals surface area contributed by atoms with Gasteiger partial charge in [-0.1, -0.05) is 24.3 Å². The Morgan fingerprint density at radius 2 is 1.60 bits per heavy atom. The second kappa shape index (κ2) is 10.7. The predicted molar refractivity (Wildman–Crippen MR) is 113 cm³/mol. The summed E-state index contributed by atoms with van der Waals surface area (Å²) in [5, 5.41) is 2.96. The number of methoxy groups -OCH3 is 1. The van der Waals surface area contributed by atoms with Gasteiger partial charge in [0, 0.05) is 32.7 Å². The van der Waals surface area contributed by atoms with E-state index in [9.17, 15) is 14.0 Å². The maximum atomic E-state index is 13.0. The van der Waals surface area contributed by atoms with E-state index in [0.29, 0.717) is 39.3 Å². The van der Waals surface area contributed by atoms with Crippen LogP contribution in [0.2, 0.25) is 0 Å². The molecule has 7 heteroatoms. The lowest BCUT2D eigenvalue weighted by Crippen LogP contribution is -2.51. The third-order valence-electron chi connectivity index (χ3n) is 5.26. The molecule has 6 nitrogen and oxygen atoms in total. The summed E-state index contributed by atoms with van der Waals surface area (Å²) < 4.78 is 18.1. The number of rotatable bonds is 8. The van der Waals surface area contributed by atoms with Crippen LogP contribution in [0.4, 0.5) is 4.39 Å². The number of amides is 2. The van der Waals surface area contributed by atoms with Gasteiger partial charge in [-0.25, -0.2) is 4.39 Å². The molecule has 0 radical (unpaired) electrons. The van der Waals surface area contributed by atoms with Crippen molar-refractivity contribution in [1.29, 1.82) is 0 Å². The normalized spacial score (nSPS) is 14.4. The molecule has 2 aromatic rings. The molecule has 0 saturated carbocycles. The molecule has 1 N–H and O–H groups in total. The SMILES string of the molecule is COc1ccc(CCNC(=O)CN2CCN(C(=O)Cc3ccc(F)cc3)CC2)cc1. The lowest BCUT2D eigenvalue weighted by molar-refractivity contribution is -0.132. The van der Waals surface area contributed by atoms with Crippen molar-refractivity contribution in [1.82, 2.24) is 15.1 Å². The van der Waals surface area contributed by atoms with E-state index >= 15 is 0 Å². The molecule has 3 rings (SSSR count). The minimum absolute atomic E-state index is 0.00500. The number of halogens is 1. The highest BCUT2D eigenvalue weighted by Gasteiger charge is 2.22. The van der Waals surface area contributed by atoms with Crippen molar-refractivity contribution in [3.8, 4) is 5.75 Å². The van der Waals surface area contributed by atoms with Crippen LogP contribution in [-0.2, 0) is 22.4 Å². The maximum absolute atomic E-state index is 13.0. The fourth-order valence-corrected chi connectivity index (χ4v) is 3.44. The Morgan fingerprint density at radius 3 is 2.23 bits per heavy atom. The molecule has 1 aliphatic rings. The van der Waals surface area contributed by atoms with Gasteiger partial charge in [-0.15, -0.1) is 0 Å². The zero-order valence-electron chi connectivity index (χ0n) is 17.3. The average Bonchev–Trinajstić information content (AvgIpc) is 2.76. The number of benzene rings is 2. The highest BCUT2D eigenvalue weighted by molar-refractivity contribution is 5.79. The molecule has 0 spiro atoms. The highest BCUT2D eigenvalue weighted by atomic mass is 19.1. The van der Waals surface area contributed by atoms with Crippen LogP contribution in [0.5, 0.6) is 5.75 Å². The number of nitrogens with one attached hydrogen (secondary N) is 1. The first-order valence-corrected chi connectivity index (χ1v) is 10.2. The molecule has 1 saturated heterocycles. The summed E-state index contributed by atoms with van der Waals surface area (Å²) in [4.78, 5) is 28.5. The van der Waals surface area contributed by atoms with Crippen LogP contribution < -0.4 is 10.1 Å². The molecule has 2 aromatic carbocycles. The summed E-state index contributed by atoms with van der Waals surface area (Å²) in [6.07, 6.45) is 1.04. The molecule has 1 aliphatic heterocycles. The summed E-state index contributed by atoms with van der Waals surface area (Å²) in [6.45, 7) is 3.45. The molecule has 0 bridgehead atoms. The topological polar surface area (TPSA) is 61.9 Å². The smallest absolute Gasteiger partial charge is 0.234 e. The number of carbonyl (C=O) groups excluding carboxylic acids is 2. The van der Waals surface area contributed by atoms with Gasteiger partial charge in [0.2, 0.25) is 11.8 Å². The largest absolute Gasteiger partial charge is 0.497 e. The number of hydrogen-bond acceptors (Lipinski definition) is 4. The molecule has 30 heavy (non-hydrogen) atoms. The first kappa shape index (κ1) is 21.8. The van der Waals surface area contributed by atoms with Gasteiger partial charge < -0.3 is 15.0 Å². The zero-order valence-corrected chi connectivity index (χ0v) is 17.3. The van der Waals surface area contributed by atoms with Gasteiger partial charge in [0.1, 0.15) is 11.6 Å². The Bertz CT molecular complexity index is 832. The summed E-state index contributed by atoms with van der Waals surface area (Å²) >= 11 is 0. The molecule has 1 heterocycles. The van der Waals surface area contributed by atoms with Gasteiger partial charge in [0.15, 0.2) is 0 Å². The van der Waals surface area contributed by atoms with Gasteiger partial charge in [-0.05, 0) is 41.8 Å². The van der Waals surface area contributed by atoms with E-state index in [2.05, 4.69) is 10.2 Å². The number of carbonyl (C=O) groups is 2. The van der Waals surface area contributed by atoms with E-state index in [1.54, 1.807) is 24.1 Å². The van der Waals surface area contributed by atoms with Crippen molar-refractivity contribution in [2.45, 2.75) is 12.8 Å². The average molecular weight is 413 g/mol. The van der Waals surface area contributed by atoms with Crippen LogP contribution in [-0.4, -0.2) is 68.0 Å². The summed E-state index contributed by atoms with van der Waals surface area (Å²) in [5.74, 6) is 0.542. The van der Waals surface area contributed by atoms with Gasteiger partial charge in [-0.2, -0.15) is 0 Å². The zero-order chi connectivity index (χ0) is 21.3. The second-order valence-electron chi connectivity index (χ2n) is 7.41. The van der Waals surface area contributed by atoms with Crippen LogP contribution in [0.25, 0.3) is 0 Å².